The van der Waals surface area contributed by atoms with E-state index in [1.807, 2.05) is 0 Å². The lowest BCUT2D eigenvalue weighted by molar-refractivity contribution is -0.00291. The average Bonchev–Trinajstić information content (AvgIpc) is 2.64. The number of aliphatic hydroxyl groups is 1. The third kappa shape index (κ3) is 2.47. The molecule has 1 aliphatic rings. The number of likely N-dealkylation sites (tertiary alicyclic amines) is 1. The Bertz CT molecular complexity index is 390. The Balaban J connectivity index is 2.02. The first-order chi connectivity index (χ1) is 7.48. The molecule has 2 rings (SSSR count). The fourth-order valence-electron chi connectivity index (χ4n) is 1.78. The number of piperidine rings is 1. The Morgan fingerprint density at radius 2 is 2.12 bits per heavy atom. The molecule has 16 heavy (non-hydrogen) atoms. The van der Waals surface area contributed by atoms with Crippen molar-refractivity contribution in [2.75, 3.05) is 13.1 Å². The van der Waals surface area contributed by atoms with E-state index in [9.17, 15) is 9.90 Å². The van der Waals surface area contributed by atoms with Gasteiger partial charge in [0.15, 0.2) is 10.4 Å². The van der Waals surface area contributed by atoms with Crippen molar-refractivity contribution in [3.8, 4) is 0 Å². The van der Waals surface area contributed by atoms with Crippen LogP contribution in [0.1, 0.15) is 30.3 Å². The Morgan fingerprint density at radius 3 is 2.62 bits per heavy atom. The molecule has 0 radical (unpaired) electrons. The second-order valence-corrected chi connectivity index (χ2v) is 5.17. The van der Waals surface area contributed by atoms with Gasteiger partial charge in [-0.15, -0.1) is 0 Å². The number of nitrogens with zero attached hydrogens (tertiary/aromatic N) is 1. The van der Waals surface area contributed by atoms with Gasteiger partial charge in [0.25, 0.3) is 5.91 Å². The second-order valence-electron chi connectivity index (χ2n) is 4.39. The van der Waals surface area contributed by atoms with Crippen molar-refractivity contribution >= 4 is 21.8 Å². The van der Waals surface area contributed by atoms with Gasteiger partial charge in [0.2, 0.25) is 0 Å². The van der Waals surface area contributed by atoms with Crippen molar-refractivity contribution < 1.29 is 14.3 Å². The second kappa shape index (κ2) is 4.22. The minimum absolute atomic E-state index is 0.110. The highest BCUT2D eigenvalue weighted by molar-refractivity contribution is 9.10. The SMILES string of the molecule is CC1(O)CCN(C(=O)c2ccc(Br)o2)CC1. The van der Waals surface area contributed by atoms with Crippen LogP contribution in [0.4, 0.5) is 0 Å². The Labute approximate surface area is 102 Å². The molecule has 88 valence electrons. The topological polar surface area (TPSA) is 53.7 Å². The van der Waals surface area contributed by atoms with E-state index in [2.05, 4.69) is 15.9 Å². The van der Waals surface area contributed by atoms with Crippen molar-refractivity contribution in [3.63, 3.8) is 0 Å². The van der Waals surface area contributed by atoms with Crippen LogP contribution in [0.25, 0.3) is 0 Å². The van der Waals surface area contributed by atoms with Gasteiger partial charge in [0, 0.05) is 13.1 Å². The van der Waals surface area contributed by atoms with Crippen LogP contribution in [0.3, 0.4) is 0 Å². The molecule has 0 atom stereocenters. The zero-order chi connectivity index (χ0) is 11.8. The van der Waals surface area contributed by atoms with Gasteiger partial charge in [-0.05, 0) is 47.8 Å². The molecular weight excluding hydrogens is 274 g/mol. The summed E-state index contributed by atoms with van der Waals surface area (Å²) in [5, 5.41) is 9.78. The van der Waals surface area contributed by atoms with Crippen molar-refractivity contribution in [1.82, 2.24) is 4.90 Å². The minimum Gasteiger partial charge on any atom is -0.444 e. The van der Waals surface area contributed by atoms with Gasteiger partial charge in [-0.3, -0.25) is 4.79 Å². The van der Waals surface area contributed by atoms with E-state index < -0.39 is 5.60 Å². The standard InChI is InChI=1S/C11H14BrNO3/c1-11(15)4-6-13(7-5-11)10(14)8-2-3-9(12)16-8/h2-3,15H,4-7H2,1H3. The van der Waals surface area contributed by atoms with Crippen molar-refractivity contribution in [1.29, 1.82) is 0 Å². The minimum atomic E-state index is -0.638. The van der Waals surface area contributed by atoms with E-state index in [-0.39, 0.29) is 5.91 Å². The first-order valence-electron chi connectivity index (χ1n) is 5.25. The molecule has 1 aromatic heterocycles. The van der Waals surface area contributed by atoms with Crippen LogP contribution < -0.4 is 0 Å². The zero-order valence-corrected chi connectivity index (χ0v) is 10.7. The maximum absolute atomic E-state index is 12.0. The van der Waals surface area contributed by atoms with E-state index in [1.165, 1.54) is 0 Å². The van der Waals surface area contributed by atoms with Gasteiger partial charge in [-0.2, -0.15) is 0 Å². The Morgan fingerprint density at radius 1 is 1.50 bits per heavy atom. The van der Waals surface area contributed by atoms with Crippen molar-refractivity contribution in [2.24, 2.45) is 0 Å². The number of carbonyl (C=O) groups excluding carboxylic acids is 1. The van der Waals surface area contributed by atoms with Gasteiger partial charge in [-0.25, -0.2) is 0 Å². The molecule has 2 heterocycles. The van der Waals surface area contributed by atoms with Gasteiger partial charge < -0.3 is 14.4 Å². The van der Waals surface area contributed by atoms with Crippen LogP contribution in [-0.4, -0.2) is 34.6 Å². The highest BCUT2D eigenvalue weighted by atomic mass is 79.9. The number of rotatable bonds is 1. The largest absolute Gasteiger partial charge is 0.444 e. The smallest absolute Gasteiger partial charge is 0.289 e. The number of hydrogen-bond acceptors (Lipinski definition) is 3. The van der Waals surface area contributed by atoms with Crippen LogP contribution >= 0.6 is 15.9 Å². The molecule has 1 amide bonds. The molecule has 0 saturated carbocycles. The lowest BCUT2D eigenvalue weighted by Crippen LogP contribution is -2.45. The van der Waals surface area contributed by atoms with Gasteiger partial charge in [0.1, 0.15) is 0 Å². The van der Waals surface area contributed by atoms with Crippen molar-refractivity contribution in [3.05, 3.63) is 22.6 Å². The number of hydrogen-bond donors (Lipinski definition) is 1. The number of amides is 1. The summed E-state index contributed by atoms with van der Waals surface area (Å²) in [4.78, 5) is 13.7. The first-order valence-corrected chi connectivity index (χ1v) is 6.04. The summed E-state index contributed by atoms with van der Waals surface area (Å²) in [5.74, 6) is 0.231. The first kappa shape index (κ1) is 11.7. The molecule has 0 aromatic carbocycles. The van der Waals surface area contributed by atoms with E-state index >= 15 is 0 Å². The molecule has 1 aromatic rings. The van der Waals surface area contributed by atoms with Gasteiger partial charge in [0.05, 0.1) is 5.60 Å². The van der Waals surface area contributed by atoms with Gasteiger partial charge in [-0.1, -0.05) is 0 Å². The molecule has 0 spiro atoms. The molecule has 4 nitrogen and oxygen atoms in total. The molecule has 1 N–H and O–H groups in total. The highest BCUT2D eigenvalue weighted by Gasteiger charge is 2.30. The third-order valence-electron chi connectivity index (χ3n) is 2.91. The predicted octanol–water partition coefficient (Wildman–Crippen LogP) is 2.03. The summed E-state index contributed by atoms with van der Waals surface area (Å²) in [6.45, 7) is 2.95. The van der Waals surface area contributed by atoms with Crippen LogP contribution in [0.15, 0.2) is 21.2 Å². The Kier molecular flexibility index (Phi) is 3.08. The highest BCUT2D eigenvalue weighted by Crippen LogP contribution is 2.23. The fraction of sp³-hybridized carbons (Fsp3) is 0.545. The number of carbonyl (C=O) groups is 1. The maximum Gasteiger partial charge on any atom is 0.289 e. The predicted molar refractivity (Wildman–Crippen MR) is 62.2 cm³/mol. The average molecular weight is 288 g/mol. The summed E-state index contributed by atoms with van der Waals surface area (Å²) in [6.07, 6.45) is 1.22. The number of halogens is 1. The van der Waals surface area contributed by atoms with E-state index in [4.69, 9.17) is 4.42 Å². The molecule has 0 aliphatic carbocycles. The quantitative estimate of drug-likeness (QED) is 0.860. The number of furan rings is 1. The Hall–Kier alpha value is -0.810. The van der Waals surface area contributed by atoms with E-state index in [0.717, 1.165) is 0 Å². The van der Waals surface area contributed by atoms with Crippen LogP contribution in [0, 0.1) is 0 Å². The van der Waals surface area contributed by atoms with E-state index in [1.54, 1.807) is 24.0 Å². The van der Waals surface area contributed by atoms with E-state index in [0.29, 0.717) is 36.4 Å². The maximum atomic E-state index is 12.0. The molecular formula is C11H14BrNO3. The summed E-state index contributed by atoms with van der Waals surface area (Å²) in [7, 11) is 0. The van der Waals surface area contributed by atoms with Crippen LogP contribution in [0.2, 0.25) is 0 Å². The fourth-order valence-corrected chi connectivity index (χ4v) is 2.08. The van der Waals surface area contributed by atoms with Crippen LogP contribution in [-0.2, 0) is 0 Å². The monoisotopic (exact) mass is 287 g/mol. The molecule has 1 fully saturated rings. The molecule has 0 bridgehead atoms. The molecule has 0 unspecified atom stereocenters. The molecule has 1 saturated heterocycles. The normalized spacial score (nSPS) is 19.8. The van der Waals surface area contributed by atoms with Gasteiger partial charge >= 0.3 is 0 Å². The summed E-state index contributed by atoms with van der Waals surface area (Å²) < 4.78 is 5.77. The summed E-state index contributed by atoms with van der Waals surface area (Å²) in [6, 6.07) is 3.35. The molecule has 5 heteroatoms. The van der Waals surface area contributed by atoms with Crippen molar-refractivity contribution in [2.45, 2.75) is 25.4 Å². The lowest BCUT2D eigenvalue weighted by atomic mass is 9.94. The molecule has 1 aliphatic heterocycles. The third-order valence-corrected chi connectivity index (χ3v) is 3.34. The lowest BCUT2D eigenvalue weighted by Gasteiger charge is -2.35. The summed E-state index contributed by atoms with van der Waals surface area (Å²) >= 11 is 3.17. The van der Waals surface area contributed by atoms with Crippen LogP contribution in [0.5, 0.6) is 0 Å². The zero-order valence-electron chi connectivity index (χ0n) is 9.07. The summed E-state index contributed by atoms with van der Waals surface area (Å²) in [5.41, 5.74) is -0.638.